The second-order valence-electron chi connectivity index (χ2n) is 6.30. The minimum absolute atomic E-state index is 0.0989. The van der Waals surface area contributed by atoms with E-state index in [2.05, 4.69) is 4.72 Å². The van der Waals surface area contributed by atoms with Gasteiger partial charge in [-0.2, -0.15) is 0 Å². The van der Waals surface area contributed by atoms with Crippen molar-refractivity contribution >= 4 is 33.2 Å². The monoisotopic (exact) mass is 423 g/mol. The molecule has 0 saturated heterocycles. The molecule has 2 N–H and O–H groups in total. The van der Waals surface area contributed by atoms with Crippen LogP contribution in [0.4, 0.5) is 0 Å². The third-order valence-corrected chi connectivity index (χ3v) is 6.61. The third kappa shape index (κ3) is 3.51. The minimum Gasteiger partial charge on any atom is -0.461 e. The lowest BCUT2D eigenvalue weighted by atomic mass is 9.99. The summed E-state index contributed by atoms with van der Waals surface area (Å²) in [5.74, 6) is 1.07. The molecule has 1 aromatic heterocycles. The fraction of sp³-hybridized carbons (Fsp3) is 0.158. The highest BCUT2D eigenvalue weighted by Gasteiger charge is 2.36. The number of nitrogens with one attached hydrogen (secondary N) is 1. The highest BCUT2D eigenvalue weighted by Crippen LogP contribution is 2.34. The highest BCUT2D eigenvalue weighted by molar-refractivity contribution is 7.89. The second-order valence-corrected chi connectivity index (χ2v) is 8.83. The average Bonchev–Trinajstić information content (AvgIpc) is 3.07. The van der Waals surface area contributed by atoms with Crippen molar-refractivity contribution in [2.75, 3.05) is 0 Å². The molecule has 0 aliphatic carbocycles. The molecule has 0 unspecified atom stereocenters. The Morgan fingerprint density at radius 3 is 2.63 bits per heavy atom. The zero-order valence-corrected chi connectivity index (χ0v) is 16.2. The van der Waals surface area contributed by atoms with Gasteiger partial charge in [0.1, 0.15) is 11.5 Å². The van der Waals surface area contributed by atoms with Gasteiger partial charge in [-0.3, -0.25) is 0 Å². The van der Waals surface area contributed by atoms with Crippen molar-refractivity contribution in [2.24, 2.45) is 0 Å². The van der Waals surface area contributed by atoms with Crippen LogP contribution >= 0.6 is 23.2 Å². The van der Waals surface area contributed by atoms with Gasteiger partial charge in [-0.1, -0.05) is 41.4 Å². The molecule has 2 aromatic carbocycles. The molecule has 0 spiro atoms. The zero-order chi connectivity index (χ0) is 19.2. The molecule has 3 aromatic rings. The second kappa shape index (κ2) is 6.96. The lowest BCUT2D eigenvalue weighted by Crippen LogP contribution is -2.45. The van der Waals surface area contributed by atoms with Crippen molar-refractivity contribution in [3.8, 4) is 11.3 Å². The van der Waals surface area contributed by atoms with E-state index >= 15 is 0 Å². The maximum atomic E-state index is 12.4. The standard InChI is InChI=1S/C19H15Cl2NO4S/c20-11-5-7-13(15(21)9-11)17-8-6-12(26-17)10-16-19(23)14-3-1-2-4-18(14)27(24,25)22-16/h1-9,16,19,22-23H,10H2/t16-,19-/m1/s1. The van der Waals surface area contributed by atoms with E-state index in [0.717, 1.165) is 0 Å². The quantitative estimate of drug-likeness (QED) is 0.661. The van der Waals surface area contributed by atoms with Gasteiger partial charge in [0, 0.05) is 22.6 Å². The maximum absolute atomic E-state index is 12.4. The summed E-state index contributed by atoms with van der Waals surface area (Å²) in [7, 11) is -3.69. The van der Waals surface area contributed by atoms with Crippen molar-refractivity contribution in [3.63, 3.8) is 0 Å². The number of aliphatic hydroxyl groups is 1. The normalized spacial score (nSPS) is 21.0. The summed E-state index contributed by atoms with van der Waals surface area (Å²) >= 11 is 12.1. The SMILES string of the molecule is O=S1(=O)N[C@H](Cc2ccc(-c3ccc(Cl)cc3Cl)o2)[C@H](O)c2ccccc21. The molecule has 27 heavy (non-hydrogen) atoms. The van der Waals surface area contributed by atoms with E-state index in [1.165, 1.54) is 6.07 Å². The lowest BCUT2D eigenvalue weighted by molar-refractivity contribution is 0.129. The van der Waals surface area contributed by atoms with Crippen LogP contribution in [0.2, 0.25) is 10.0 Å². The molecule has 8 heteroatoms. The molecule has 0 radical (unpaired) electrons. The van der Waals surface area contributed by atoms with E-state index in [-0.39, 0.29) is 11.3 Å². The van der Waals surface area contributed by atoms with Crippen molar-refractivity contribution in [3.05, 3.63) is 76.0 Å². The molecule has 5 nitrogen and oxygen atoms in total. The van der Waals surface area contributed by atoms with Crippen LogP contribution in [0.1, 0.15) is 17.4 Å². The van der Waals surface area contributed by atoms with Crippen LogP contribution in [0.15, 0.2) is 63.9 Å². The van der Waals surface area contributed by atoms with Crippen LogP contribution < -0.4 is 4.72 Å². The number of hydrogen-bond acceptors (Lipinski definition) is 4. The first-order valence-electron chi connectivity index (χ1n) is 8.18. The van der Waals surface area contributed by atoms with E-state index in [1.54, 1.807) is 48.5 Å². The van der Waals surface area contributed by atoms with Gasteiger partial charge in [0.05, 0.1) is 22.1 Å². The fourth-order valence-electron chi connectivity index (χ4n) is 3.21. The summed E-state index contributed by atoms with van der Waals surface area (Å²) in [6.45, 7) is 0. The van der Waals surface area contributed by atoms with Gasteiger partial charge in [0.2, 0.25) is 10.0 Å². The summed E-state index contributed by atoms with van der Waals surface area (Å²) < 4.78 is 33.2. The number of sulfonamides is 1. The predicted molar refractivity (Wildman–Crippen MR) is 103 cm³/mol. The first-order valence-corrected chi connectivity index (χ1v) is 10.4. The summed E-state index contributed by atoms with van der Waals surface area (Å²) in [4.78, 5) is 0.0989. The van der Waals surface area contributed by atoms with Gasteiger partial charge in [0.15, 0.2) is 0 Å². The maximum Gasteiger partial charge on any atom is 0.241 e. The smallest absolute Gasteiger partial charge is 0.241 e. The van der Waals surface area contributed by atoms with Crippen LogP contribution in [-0.4, -0.2) is 19.6 Å². The van der Waals surface area contributed by atoms with E-state index < -0.39 is 22.2 Å². The molecule has 0 fully saturated rings. The molecule has 1 aliphatic heterocycles. The molecule has 0 bridgehead atoms. The number of aliphatic hydroxyl groups excluding tert-OH is 1. The molecule has 2 atom stereocenters. The third-order valence-electron chi connectivity index (χ3n) is 4.49. The van der Waals surface area contributed by atoms with Crippen LogP contribution in [0.25, 0.3) is 11.3 Å². The van der Waals surface area contributed by atoms with E-state index in [0.29, 0.717) is 32.7 Å². The Balaban J connectivity index is 1.61. The minimum atomic E-state index is -3.69. The van der Waals surface area contributed by atoms with Gasteiger partial charge in [-0.25, -0.2) is 13.1 Å². The first kappa shape index (κ1) is 18.5. The molecule has 140 valence electrons. The van der Waals surface area contributed by atoms with Gasteiger partial charge >= 0.3 is 0 Å². The molecular formula is C19H15Cl2NO4S. The Bertz CT molecular complexity index is 1110. The van der Waals surface area contributed by atoms with E-state index in [4.69, 9.17) is 27.6 Å². The zero-order valence-electron chi connectivity index (χ0n) is 13.9. The number of hydrogen-bond donors (Lipinski definition) is 2. The summed E-state index contributed by atoms with van der Waals surface area (Å²) in [5, 5.41) is 11.6. The number of benzene rings is 2. The van der Waals surface area contributed by atoms with Crippen LogP contribution in [0.3, 0.4) is 0 Å². The Morgan fingerprint density at radius 1 is 1.07 bits per heavy atom. The Kier molecular flexibility index (Phi) is 4.78. The predicted octanol–water partition coefficient (Wildman–Crippen LogP) is 4.19. The van der Waals surface area contributed by atoms with E-state index in [1.807, 2.05) is 0 Å². The van der Waals surface area contributed by atoms with Crippen LogP contribution in [0, 0.1) is 0 Å². The number of furan rings is 1. The largest absolute Gasteiger partial charge is 0.461 e. The number of halogens is 2. The average molecular weight is 424 g/mol. The highest BCUT2D eigenvalue weighted by atomic mass is 35.5. The summed E-state index contributed by atoms with van der Waals surface area (Å²) in [6.07, 6.45) is -0.780. The van der Waals surface area contributed by atoms with Crippen molar-refractivity contribution in [1.29, 1.82) is 0 Å². The molecule has 0 amide bonds. The van der Waals surface area contributed by atoms with Crippen molar-refractivity contribution in [2.45, 2.75) is 23.5 Å². The molecular weight excluding hydrogens is 409 g/mol. The molecule has 4 rings (SSSR count). The Hall–Kier alpha value is -1.83. The van der Waals surface area contributed by atoms with Crippen molar-refractivity contribution < 1.29 is 17.9 Å². The number of fused-ring (bicyclic) bond motifs is 1. The molecule has 1 aliphatic rings. The van der Waals surface area contributed by atoms with Gasteiger partial charge in [-0.15, -0.1) is 0 Å². The molecule has 2 heterocycles. The molecule has 0 saturated carbocycles. The Morgan fingerprint density at radius 2 is 1.85 bits per heavy atom. The summed E-state index contributed by atoms with van der Waals surface area (Å²) in [6, 6.07) is 14.3. The topological polar surface area (TPSA) is 79.5 Å². The van der Waals surface area contributed by atoms with Gasteiger partial charge in [0.25, 0.3) is 0 Å². The number of rotatable bonds is 3. The summed E-state index contributed by atoms with van der Waals surface area (Å²) in [5.41, 5.74) is 1.07. The van der Waals surface area contributed by atoms with E-state index in [9.17, 15) is 13.5 Å². The Labute approximate surface area is 166 Å². The van der Waals surface area contributed by atoms with Gasteiger partial charge in [-0.05, 0) is 36.4 Å². The van der Waals surface area contributed by atoms with Crippen molar-refractivity contribution in [1.82, 2.24) is 4.72 Å². The lowest BCUT2D eigenvalue weighted by Gasteiger charge is -2.30. The van der Waals surface area contributed by atoms with Gasteiger partial charge < -0.3 is 9.52 Å². The van der Waals surface area contributed by atoms with Crippen LogP contribution in [-0.2, 0) is 16.4 Å². The first-order chi connectivity index (χ1) is 12.8. The fourth-order valence-corrected chi connectivity index (χ4v) is 5.20. The van der Waals surface area contributed by atoms with Crippen LogP contribution in [0.5, 0.6) is 0 Å².